The molecule has 7 nitrogen and oxygen atoms in total. The number of amides is 1. The third-order valence-corrected chi connectivity index (χ3v) is 5.70. The van der Waals surface area contributed by atoms with E-state index in [1.54, 1.807) is 28.4 Å². The van der Waals surface area contributed by atoms with Crippen molar-refractivity contribution in [1.29, 1.82) is 0 Å². The highest BCUT2D eigenvalue weighted by Gasteiger charge is 2.24. The number of imidazole rings is 1. The van der Waals surface area contributed by atoms with Crippen LogP contribution in [0.3, 0.4) is 0 Å². The van der Waals surface area contributed by atoms with Gasteiger partial charge in [-0.25, -0.2) is 9.97 Å². The average molecular weight is 385 g/mol. The molecule has 8 heteroatoms. The largest absolute Gasteiger partial charge is 0.494 e. The SMILES string of the molecule is CCOc1ccc2nc(N3CCCC(NC(=O)c4cn(C)cn4)C3)sc2c1. The first-order chi connectivity index (χ1) is 13.1. The van der Waals surface area contributed by atoms with Gasteiger partial charge < -0.3 is 19.5 Å². The number of hydrogen-bond acceptors (Lipinski definition) is 6. The summed E-state index contributed by atoms with van der Waals surface area (Å²) in [4.78, 5) is 23.5. The molecule has 1 N–H and O–H groups in total. The molecule has 0 spiro atoms. The molecule has 3 heterocycles. The maximum Gasteiger partial charge on any atom is 0.271 e. The van der Waals surface area contributed by atoms with E-state index in [1.165, 1.54) is 0 Å². The Balaban J connectivity index is 1.46. The van der Waals surface area contributed by atoms with Crippen LogP contribution in [0.4, 0.5) is 5.13 Å². The zero-order valence-corrected chi connectivity index (χ0v) is 16.3. The Bertz CT molecular complexity index is 951. The highest BCUT2D eigenvalue weighted by Crippen LogP contribution is 2.32. The summed E-state index contributed by atoms with van der Waals surface area (Å²) in [5, 5.41) is 4.10. The molecule has 1 aromatic carbocycles. The molecule has 1 saturated heterocycles. The van der Waals surface area contributed by atoms with Crippen molar-refractivity contribution in [3.8, 4) is 5.75 Å². The van der Waals surface area contributed by atoms with Gasteiger partial charge in [0.05, 0.1) is 23.2 Å². The van der Waals surface area contributed by atoms with Gasteiger partial charge in [0, 0.05) is 32.4 Å². The zero-order chi connectivity index (χ0) is 18.8. The van der Waals surface area contributed by atoms with Crippen molar-refractivity contribution in [2.45, 2.75) is 25.8 Å². The van der Waals surface area contributed by atoms with Crippen LogP contribution in [0.1, 0.15) is 30.3 Å². The Hall–Kier alpha value is -2.61. The second-order valence-corrected chi connectivity index (χ2v) is 7.75. The highest BCUT2D eigenvalue weighted by atomic mass is 32.1. The molecule has 0 saturated carbocycles. The second-order valence-electron chi connectivity index (χ2n) is 6.74. The first kappa shape index (κ1) is 17.8. The third-order valence-electron chi connectivity index (χ3n) is 4.62. The topological polar surface area (TPSA) is 72.3 Å². The lowest BCUT2D eigenvalue weighted by Gasteiger charge is -2.32. The van der Waals surface area contributed by atoms with Gasteiger partial charge in [-0.1, -0.05) is 11.3 Å². The number of fused-ring (bicyclic) bond motifs is 1. The fraction of sp³-hybridized carbons (Fsp3) is 0.421. The van der Waals surface area contributed by atoms with Crippen LogP contribution in [-0.2, 0) is 7.05 Å². The van der Waals surface area contributed by atoms with Gasteiger partial charge in [0.15, 0.2) is 5.13 Å². The Labute approximate surface area is 162 Å². The third kappa shape index (κ3) is 3.90. The summed E-state index contributed by atoms with van der Waals surface area (Å²) in [6.07, 6.45) is 5.36. The van der Waals surface area contributed by atoms with Crippen LogP contribution in [0.2, 0.25) is 0 Å². The maximum absolute atomic E-state index is 12.4. The Morgan fingerprint density at radius 2 is 2.33 bits per heavy atom. The standard InChI is InChI=1S/C19H23N5O2S/c1-3-26-14-6-7-15-17(9-14)27-19(22-15)24-8-4-5-13(10-24)21-18(25)16-11-23(2)12-20-16/h6-7,9,11-13H,3-5,8,10H2,1-2H3,(H,21,25). The minimum atomic E-state index is -0.117. The molecule has 1 aliphatic rings. The predicted octanol–water partition coefficient (Wildman–Crippen LogP) is 2.83. The monoisotopic (exact) mass is 385 g/mol. The summed E-state index contributed by atoms with van der Waals surface area (Å²) < 4.78 is 8.48. The van der Waals surface area contributed by atoms with Crippen molar-refractivity contribution in [3.63, 3.8) is 0 Å². The molecule has 0 bridgehead atoms. The summed E-state index contributed by atoms with van der Waals surface area (Å²) in [6.45, 7) is 4.35. The molecule has 1 atom stereocenters. The van der Waals surface area contributed by atoms with Crippen LogP contribution >= 0.6 is 11.3 Å². The van der Waals surface area contributed by atoms with Crippen LogP contribution in [-0.4, -0.2) is 46.2 Å². The Morgan fingerprint density at radius 1 is 1.44 bits per heavy atom. The fourth-order valence-corrected chi connectivity index (χ4v) is 4.37. The number of nitrogens with zero attached hydrogens (tertiary/aromatic N) is 4. The van der Waals surface area contributed by atoms with Crippen molar-refractivity contribution < 1.29 is 9.53 Å². The highest BCUT2D eigenvalue weighted by molar-refractivity contribution is 7.22. The maximum atomic E-state index is 12.4. The number of anilines is 1. The molecule has 4 rings (SSSR count). The van der Waals surface area contributed by atoms with E-state index in [0.717, 1.165) is 47.0 Å². The lowest BCUT2D eigenvalue weighted by Crippen LogP contribution is -2.47. The molecule has 1 fully saturated rings. The van der Waals surface area contributed by atoms with Crippen molar-refractivity contribution in [3.05, 3.63) is 36.4 Å². The molecule has 27 heavy (non-hydrogen) atoms. The van der Waals surface area contributed by atoms with Gasteiger partial charge in [0.25, 0.3) is 5.91 Å². The van der Waals surface area contributed by atoms with E-state index < -0.39 is 0 Å². The van der Waals surface area contributed by atoms with Gasteiger partial charge in [0.2, 0.25) is 0 Å². The minimum Gasteiger partial charge on any atom is -0.494 e. The molecule has 0 aliphatic carbocycles. The lowest BCUT2D eigenvalue weighted by molar-refractivity contribution is 0.0928. The number of carbonyl (C=O) groups excluding carboxylic acids is 1. The van der Waals surface area contributed by atoms with Gasteiger partial charge in [-0.3, -0.25) is 4.79 Å². The predicted molar refractivity (Wildman–Crippen MR) is 107 cm³/mol. The van der Waals surface area contributed by atoms with Gasteiger partial charge >= 0.3 is 0 Å². The Morgan fingerprint density at radius 3 is 3.11 bits per heavy atom. The van der Waals surface area contributed by atoms with Gasteiger partial charge in [-0.2, -0.15) is 0 Å². The number of benzene rings is 1. The Kier molecular flexibility index (Phi) is 4.98. The van der Waals surface area contributed by atoms with Crippen LogP contribution < -0.4 is 15.0 Å². The van der Waals surface area contributed by atoms with Gasteiger partial charge in [-0.05, 0) is 38.0 Å². The smallest absolute Gasteiger partial charge is 0.271 e. The molecule has 0 radical (unpaired) electrons. The molecule has 1 unspecified atom stereocenters. The lowest BCUT2D eigenvalue weighted by atomic mass is 10.1. The zero-order valence-electron chi connectivity index (χ0n) is 15.5. The number of hydrogen-bond donors (Lipinski definition) is 1. The molecular formula is C19H23N5O2S. The van der Waals surface area contributed by atoms with Crippen LogP contribution in [0, 0.1) is 0 Å². The summed E-state index contributed by atoms with van der Waals surface area (Å²) in [5.41, 5.74) is 1.44. The van der Waals surface area contributed by atoms with Crippen molar-refractivity contribution in [2.75, 3.05) is 24.6 Å². The number of aromatic nitrogens is 3. The van der Waals surface area contributed by atoms with Crippen molar-refractivity contribution >= 4 is 32.6 Å². The van der Waals surface area contributed by atoms with E-state index in [1.807, 2.05) is 32.2 Å². The van der Waals surface area contributed by atoms with E-state index in [-0.39, 0.29) is 11.9 Å². The molecule has 1 aliphatic heterocycles. The van der Waals surface area contributed by atoms with E-state index >= 15 is 0 Å². The molecule has 3 aromatic rings. The van der Waals surface area contributed by atoms with Gasteiger partial charge in [-0.15, -0.1) is 0 Å². The minimum absolute atomic E-state index is 0.0965. The molecular weight excluding hydrogens is 362 g/mol. The number of rotatable bonds is 5. The fourth-order valence-electron chi connectivity index (χ4n) is 3.34. The van der Waals surface area contributed by atoms with Crippen LogP contribution in [0.15, 0.2) is 30.7 Å². The quantitative estimate of drug-likeness (QED) is 0.731. The first-order valence-electron chi connectivity index (χ1n) is 9.19. The van der Waals surface area contributed by atoms with E-state index in [2.05, 4.69) is 15.2 Å². The van der Waals surface area contributed by atoms with Crippen LogP contribution in [0.5, 0.6) is 5.75 Å². The van der Waals surface area contributed by atoms with E-state index in [0.29, 0.717) is 12.3 Å². The normalized spacial score (nSPS) is 17.3. The average Bonchev–Trinajstić information content (AvgIpc) is 3.28. The van der Waals surface area contributed by atoms with Crippen LogP contribution in [0.25, 0.3) is 10.2 Å². The van der Waals surface area contributed by atoms with E-state index in [4.69, 9.17) is 9.72 Å². The van der Waals surface area contributed by atoms with E-state index in [9.17, 15) is 4.79 Å². The number of aryl methyl sites for hydroxylation is 1. The second kappa shape index (κ2) is 7.56. The molecule has 1 amide bonds. The number of thiazole rings is 1. The summed E-state index contributed by atoms with van der Waals surface area (Å²) >= 11 is 1.67. The van der Waals surface area contributed by atoms with Crippen molar-refractivity contribution in [2.24, 2.45) is 7.05 Å². The number of carbonyl (C=O) groups is 1. The number of piperidine rings is 1. The van der Waals surface area contributed by atoms with Crippen molar-refractivity contribution in [1.82, 2.24) is 19.9 Å². The number of nitrogens with one attached hydrogen (secondary N) is 1. The van der Waals surface area contributed by atoms with Gasteiger partial charge in [0.1, 0.15) is 11.4 Å². The summed E-state index contributed by atoms with van der Waals surface area (Å²) in [7, 11) is 1.86. The molecule has 142 valence electrons. The first-order valence-corrected chi connectivity index (χ1v) is 10.0. The summed E-state index contributed by atoms with van der Waals surface area (Å²) in [6, 6.07) is 6.11. The number of ether oxygens (including phenoxy) is 1. The summed E-state index contributed by atoms with van der Waals surface area (Å²) in [5.74, 6) is 0.757. The molecule has 2 aromatic heterocycles.